The van der Waals surface area contributed by atoms with E-state index in [4.69, 9.17) is 0 Å². The first-order valence-electron chi connectivity index (χ1n) is 6.27. The second kappa shape index (κ2) is 4.78. The first-order valence-corrected chi connectivity index (χ1v) is 6.27. The van der Waals surface area contributed by atoms with Crippen molar-refractivity contribution in [3.05, 3.63) is 30.0 Å². The van der Waals surface area contributed by atoms with E-state index in [-0.39, 0.29) is 11.9 Å². The molecule has 1 saturated heterocycles. The van der Waals surface area contributed by atoms with Crippen LogP contribution in [0.25, 0.3) is 10.9 Å². The zero-order valence-electron chi connectivity index (χ0n) is 10.1. The second-order valence-electron chi connectivity index (χ2n) is 4.69. The minimum atomic E-state index is -0.0137. The maximum absolute atomic E-state index is 12.1. The predicted octanol–water partition coefficient (Wildman–Crippen LogP) is 1.04. The maximum Gasteiger partial charge on any atom is 0.251 e. The lowest BCUT2D eigenvalue weighted by molar-refractivity contribution is 0.0931. The van der Waals surface area contributed by atoms with Crippen molar-refractivity contribution in [3.8, 4) is 0 Å². The van der Waals surface area contributed by atoms with Crippen molar-refractivity contribution in [2.24, 2.45) is 0 Å². The Bertz CT molecular complexity index is 557. The smallest absolute Gasteiger partial charge is 0.251 e. The molecule has 0 saturated carbocycles. The predicted molar refractivity (Wildman–Crippen MR) is 69.5 cm³/mol. The van der Waals surface area contributed by atoms with Crippen molar-refractivity contribution >= 4 is 16.8 Å². The van der Waals surface area contributed by atoms with Crippen LogP contribution in [-0.2, 0) is 0 Å². The summed E-state index contributed by atoms with van der Waals surface area (Å²) in [7, 11) is 0. The van der Waals surface area contributed by atoms with E-state index in [1.807, 2.05) is 18.2 Å². The van der Waals surface area contributed by atoms with Gasteiger partial charge in [0.1, 0.15) is 0 Å². The van der Waals surface area contributed by atoms with Crippen LogP contribution < -0.4 is 10.6 Å². The molecular formula is C13H16N4O. The summed E-state index contributed by atoms with van der Waals surface area (Å²) in [4.78, 5) is 12.1. The van der Waals surface area contributed by atoms with E-state index < -0.39 is 0 Å². The molecule has 1 aliphatic rings. The molecule has 0 bridgehead atoms. The highest BCUT2D eigenvalue weighted by atomic mass is 16.1. The molecule has 94 valence electrons. The van der Waals surface area contributed by atoms with Gasteiger partial charge in [0.15, 0.2) is 0 Å². The van der Waals surface area contributed by atoms with Crippen LogP contribution in [0.3, 0.4) is 0 Å². The molecule has 1 aromatic heterocycles. The zero-order valence-corrected chi connectivity index (χ0v) is 10.1. The highest BCUT2D eigenvalue weighted by Crippen LogP contribution is 2.13. The molecule has 1 aromatic carbocycles. The normalized spacial score (nSPS) is 19.9. The molecule has 18 heavy (non-hydrogen) atoms. The molecule has 3 N–H and O–H groups in total. The summed E-state index contributed by atoms with van der Waals surface area (Å²) in [5, 5.41) is 14.2. The van der Waals surface area contributed by atoms with Gasteiger partial charge in [0, 0.05) is 23.5 Å². The van der Waals surface area contributed by atoms with Gasteiger partial charge in [-0.25, -0.2) is 0 Å². The Hall–Kier alpha value is -1.88. The molecule has 1 atom stereocenters. The number of aromatic amines is 1. The summed E-state index contributed by atoms with van der Waals surface area (Å²) in [5.74, 6) is -0.0137. The van der Waals surface area contributed by atoms with E-state index in [2.05, 4.69) is 20.8 Å². The van der Waals surface area contributed by atoms with Crippen molar-refractivity contribution in [2.75, 3.05) is 13.1 Å². The summed E-state index contributed by atoms with van der Waals surface area (Å²) < 4.78 is 0. The number of hydrogen-bond acceptors (Lipinski definition) is 3. The number of hydrogen-bond donors (Lipinski definition) is 3. The molecule has 1 unspecified atom stereocenters. The van der Waals surface area contributed by atoms with Gasteiger partial charge >= 0.3 is 0 Å². The van der Waals surface area contributed by atoms with Crippen LogP contribution in [0.1, 0.15) is 23.2 Å². The molecule has 5 heteroatoms. The fourth-order valence-electron chi connectivity index (χ4n) is 2.32. The van der Waals surface area contributed by atoms with Gasteiger partial charge in [0.05, 0.1) is 11.7 Å². The zero-order chi connectivity index (χ0) is 12.4. The summed E-state index contributed by atoms with van der Waals surface area (Å²) in [6.45, 7) is 1.91. The molecule has 3 rings (SSSR count). The first-order chi connectivity index (χ1) is 8.83. The Morgan fingerprint density at radius 3 is 3.22 bits per heavy atom. The highest BCUT2D eigenvalue weighted by molar-refractivity contribution is 5.97. The molecule has 1 fully saturated rings. The molecule has 2 heterocycles. The summed E-state index contributed by atoms with van der Waals surface area (Å²) in [5.41, 5.74) is 1.57. The minimum Gasteiger partial charge on any atom is -0.348 e. The molecule has 1 aliphatic heterocycles. The maximum atomic E-state index is 12.1. The Morgan fingerprint density at radius 1 is 1.44 bits per heavy atom. The van der Waals surface area contributed by atoms with Gasteiger partial charge in [-0.2, -0.15) is 5.10 Å². The quantitative estimate of drug-likeness (QED) is 0.739. The lowest BCUT2D eigenvalue weighted by atomic mass is 10.1. The van der Waals surface area contributed by atoms with E-state index >= 15 is 0 Å². The van der Waals surface area contributed by atoms with Gasteiger partial charge in [-0.1, -0.05) is 6.07 Å². The number of nitrogens with one attached hydrogen (secondary N) is 3. The lowest BCUT2D eigenvalue weighted by Crippen LogP contribution is -2.45. The van der Waals surface area contributed by atoms with Crippen LogP contribution in [0.5, 0.6) is 0 Å². The fraction of sp³-hybridized carbons (Fsp3) is 0.385. The van der Waals surface area contributed by atoms with Gasteiger partial charge in [0.2, 0.25) is 0 Å². The Morgan fingerprint density at radius 2 is 2.39 bits per heavy atom. The fourth-order valence-corrected chi connectivity index (χ4v) is 2.32. The van der Waals surface area contributed by atoms with Crippen molar-refractivity contribution in [1.29, 1.82) is 0 Å². The first kappa shape index (κ1) is 11.2. The minimum absolute atomic E-state index is 0.0137. The summed E-state index contributed by atoms with van der Waals surface area (Å²) in [6, 6.07) is 5.83. The third-order valence-electron chi connectivity index (χ3n) is 3.34. The molecule has 0 radical (unpaired) electrons. The molecule has 0 spiro atoms. The Kier molecular flexibility index (Phi) is 2.98. The van der Waals surface area contributed by atoms with E-state index in [9.17, 15) is 4.79 Å². The van der Waals surface area contributed by atoms with Gasteiger partial charge in [-0.3, -0.25) is 9.89 Å². The number of carbonyl (C=O) groups is 1. The Balaban J connectivity index is 1.74. The lowest BCUT2D eigenvalue weighted by Gasteiger charge is -2.23. The molecule has 0 aliphatic carbocycles. The van der Waals surface area contributed by atoms with Gasteiger partial charge in [-0.15, -0.1) is 0 Å². The molecule has 1 amide bonds. The number of H-pyrrole nitrogens is 1. The van der Waals surface area contributed by atoms with Crippen LogP contribution in [-0.4, -0.2) is 35.2 Å². The third-order valence-corrected chi connectivity index (χ3v) is 3.34. The number of carbonyl (C=O) groups excluding carboxylic acids is 1. The van der Waals surface area contributed by atoms with E-state index in [0.29, 0.717) is 5.56 Å². The second-order valence-corrected chi connectivity index (χ2v) is 4.69. The summed E-state index contributed by atoms with van der Waals surface area (Å²) >= 11 is 0. The average Bonchev–Trinajstić information content (AvgIpc) is 2.87. The van der Waals surface area contributed by atoms with E-state index in [1.165, 1.54) is 0 Å². The number of amides is 1. The molecule has 2 aromatic rings. The number of fused-ring (bicyclic) bond motifs is 1. The van der Waals surface area contributed by atoms with Gasteiger partial charge in [0.25, 0.3) is 5.91 Å². The van der Waals surface area contributed by atoms with E-state index in [0.717, 1.165) is 36.8 Å². The van der Waals surface area contributed by atoms with Crippen molar-refractivity contribution < 1.29 is 4.79 Å². The van der Waals surface area contributed by atoms with Gasteiger partial charge < -0.3 is 10.6 Å². The highest BCUT2D eigenvalue weighted by Gasteiger charge is 2.16. The number of benzene rings is 1. The van der Waals surface area contributed by atoms with Crippen molar-refractivity contribution in [3.63, 3.8) is 0 Å². The van der Waals surface area contributed by atoms with Crippen LogP contribution in [0.4, 0.5) is 0 Å². The van der Waals surface area contributed by atoms with Crippen LogP contribution in [0.15, 0.2) is 24.4 Å². The third kappa shape index (κ3) is 2.22. The molecular weight excluding hydrogens is 228 g/mol. The average molecular weight is 244 g/mol. The molecule has 5 nitrogen and oxygen atoms in total. The van der Waals surface area contributed by atoms with Crippen LogP contribution >= 0.6 is 0 Å². The van der Waals surface area contributed by atoms with Crippen LogP contribution in [0.2, 0.25) is 0 Å². The monoisotopic (exact) mass is 244 g/mol. The summed E-state index contributed by atoms with van der Waals surface area (Å²) in [6.07, 6.45) is 3.91. The Labute approximate surface area is 105 Å². The number of aromatic nitrogens is 2. The number of piperidine rings is 1. The van der Waals surface area contributed by atoms with Gasteiger partial charge in [-0.05, 0) is 31.5 Å². The number of rotatable bonds is 2. The van der Waals surface area contributed by atoms with Crippen molar-refractivity contribution in [1.82, 2.24) is 20.8 Å². The van der Waals surface area contributed by atoms with Crippen LogP contribution in [0, 0.1) is 0 Å². The van der Waals surface area contributed by atoms with Crippen molar-refractivity contribution in [2.45, 2.75) is 18.9 Å². The topological polar surface area (TPSA) is 69.8 Å². The SMILES string of the molecule is O=C(NC1CCCNC1)c1ccc2cn[nH]c2c1. The number of nitrogens with zero attached hydrogens (tertiary/aromatic N) is 1. The van der Waals surface area contributed by atoms with E-state index in [1.54, 1.807) is 6.20 Å². The standard InChI is InChI=1S/C13H16N4O/c18-13(16-11-2-1-5-14-8-11)9-3-4-10-7-15-17-12(10)6-9/h3-4,6-7,11,14H,1-2,5,8H2,(H,15,17)(H,16,18). The largest absolute Gasteiger partial charge is 0.348 e.